The molecule has 1 unspecified atom stereocenters. The molecule has 2 saturated carbocycles. The number of aliphatic hydroxyl groups excluding tert-OH is 1. The van der Waals surface area contributed by atoms with E-state index in [2.05, 4.69) is 13.8 Å². The first-order chi connectivity index (χ1) is 11.1. The van der Waals surface area contributed by atoms with Crippen molar-refractivity contribution in [3.05, 3.63) is 23.3 Å². The van der Waals surface area contributed by atoms with Crippen molar-refractivity contribution in [1.82, 2.24) is 0 Å². The van der Waals surface area contributed by atoms with Crippen molar-refractivity contribution in [2.24, 2.45) is 35.0 Å². The topological polar surface area (TPSA) is 77.8 Å². The van der Waals surface area contributed by atoms with Crippen LogP contribution in [0.1, 0.15) is 40.5 Å². The third-order valence-corrected chi connectivity index (χ3v) is 7.75. The van der Waals surface area contributed by atoms with E-state index in [1.54, 1.807) is 13.0 Å². The summed E-state index contributed by atoms with van der Waals surface area (Å²) in [6.45, 7) is 8.06. The SMILES string of the molecule is CC1=CC2[C@@]3(O)[C@H](C)C[C@@H]4[C@@H]([C@@H]3C=C(CO)C[C@]2(O)C1=O)C4(C)C. The van der Waals surface area contributed by atoms with Crippen LogP contribution in [-0.2, 0) is 4.79 Å². The summed E-state index contributed by atoms with van der Waals surface area (Å²) >= 11 is 0. The van der Waals surface area contributed by atoms with E-state index in [9.17, 15) is 20.1 Å². The van der Waals surface area contributed by atoms with E-state index in [0.717, 1.165) is 6.42 Å². The van der Waals surface area contributed by atoms with Crippen molar-refractivity contribution < 1.29 is 20.1 Å². The van der Waals surface area contributed by atoms with Crippen LogP contribution in [0.25, 0.3) is 0 Å². The Hall–Kier alpha value is -0.970. The molecule has 132 valence electrons. The molecule has 0 aromatic heterocycles. The molecular weight excluding hydrogens is 304 g/mol. The summed E-state index contributed by atoms with van der Waals surface area (Å²) in [6.07, 6.45) is 4.80. The zero-order valence-electron chi connectivity index (χ0n) is 14.9. The lowest BCUT2D eigenvalue weighted by Gasteiger charge is -2.49. The molecule has 4 nitrogen and oxygen atoms in total. The molecule has 2 fully saturated rings. The minimum Gasteiger partial charge on any atom is -0.392 e. The summed E-state index contributed by atoms with van der Waals surface area (Å²) in [7, 11) is 0. The predicted octanol–water partition coefficient (Wildman–Crippen LogP) is 1.84. The van der Waals surface area contributed by atoms with Crippen LogP contribution < -0.4 is 0 Å². The number of aliphatic hydroxyl groups is 3. The molecule has 7 atom stereocenters. The van der Waals surface area contributed by atoms with Gasteiger partial charge in [0, 0.05) is 18.3 Å². The van der Waals surface area contributed by atoms with Gasteiger partial charge < -0.3 is 15.3 Å². The Balaban J connectivity index is 1.90. The lowest BCUT2D eigenvalue weighted by Crippen LogP contribution is -2.59. The number of hydrogen-bond acceptors (Lipinski definition) is 4. The molecule has 0 aromatic carbocycles. The van der Waals surface area contributed by atoms with Gasteiger partial charge in [-0.25, -0.2) is 0 Å². The Kier molecular flexibility index (Phi) is 3.16. The number of Topliss-reactive ketones (excluding diaryl/α,β-unsaturated/α-hetero) is 1. The number of fused-ring (bicyclic) bond motifs is 5. The van der Waals surface area contributed by atoms with Gasteiger partial charge in [0.05, 0.1) is 12.2 Å². The second-order valence-electron chi connectivity index (χ2n) is 9.24. The van der Waals surface area contributed by atoms with E-state index in [0.29, 0.717) is 23.0 Å². The van der Waals surface area contributed by atoms with Gasteiger partial charge in [-0.2, -0.15) is 0 Å². The molecule has 4 aliphatic carbocycles. The van der Waals surface area contributed by atoms with Crippen molar-refractivity contribution in [3.63, 3.8) is 0 Å². The Morgan fingerprint density at radius 3 is 2.54 bits per heavy atom. The first-order valence-electron chi connectivity index (χ1n) is 9.06. The van der Waals surface area contributed by atoms with Crippen molar-refractivity contribution in [2.75, 3.05) is 6.61 Å². The zero-order chi connectivity index (χ0) is 17.7. The Labute approximate surface area is 143 Å². The Bertz CT molecular complexity index is 675. The van der Waals surface area contributed by atoms with E-state index < -0.39 is 17.1 Å². The summed E-state index contributed by atoms with van der Waals surface area (Å²) in [6, 6.07) is 0. The molecule has 0 aromatic rings. The second-order valence-corrected chi connectivity index (χ2v) is 9.24. The number of ketones is 1. The van der Waals surface area contributed by atoms with Crippen LogP contribution in [0.2, 0.25) is 0 Å². The molecule has 24 heavy (non-hydrogen) atoms. The van der Waals surface area contributed by atoms with E-state index in [-0.39, 0.29) is 36.1 Å². The fourth-order valence-electron chi connectivity index (χ4n) is 6.31. The minimum absolute atomic E-state index is 0.00806. The standard InChI is InChI=1S/C20H28O4/c1-10-5-15-19(23,17(10)22)8-12(9-21)7-14-16-13(18(16,3)4)6-11(2)20(14,15)24/h5,7,11,13-16,21,23-24H,6,8-9H2,1-4H3/t11-,13-,14+,15?,16+,19-,20-/m1/s1. The van der Waals surface area contributed by atoms with Crippen LogP contribution in [-0.4, -0.2) is 38.9 Å². The van der Waals surface area contributed by atoms with E-state index in [4.69, 9.17) is 0 Å². The maximum Gasteiger partial charge on any atom is 0.190 e. The van der Waals surface area contributed by atoms with E-state index in [1.165, 1.54) is 0 Å². The van der Waals surface area contributed by atoms with Gasteiger partial charge in [-0.1, -0.05) is 32.9 Å². The van der Waals surface area contributed by atoms with Crippen LogP contribution >= 0.6 is 0 Å². The average Bonchev–Trinajstić information content (AvgIpc) is 3.00. The van der Waals surface area contributed by atoms with Crippen LogP contribution in [0.4, 0.5) is 0 Å². The summed E-state index contributed by atoms with van der Waals surface area (Å²) in [5.41, 5.74) is -1.41. The maximum absolute atomic E-state index is 12.7. The summed E-state index contributed by atoms with van der Waals surface area (Å²) in [5, 5.41) is 32.9. The molecule has 0 amide bonds. The maximum atomic E-state index is 12.7. The van der Waals surface area contributed by atoms with Crippen LogP contribution in [0.15, 0.2) is 23.3 Å². The number of hydrogen-bond donors (Lipinski definition) is 3. The molecular formula is C20H28O4. The minimum atomic E-state index is -1.62. The van der Waals surface area contributed by atoms with E-state index in [1.807, 2.05) is 13.0 Å². The second kappa shape index (κ2) is 4.60. The highest BCUT2D eigenvalue weighted by atomic mass is 16.3. The number of carbonyl (C=O) groups excluding carboxylic acids is 1. The Morgan fingerprint density at radius 1 is 1.25 bits per heavy atom. The van der Waals surface area contributed by atoms with Gasteiger partial charge in [-0.3, -0.25) is 4.79 Å². The third-order valence-electron chi connectivity index (χ3n) is 7.75. The fraction of sp³-hybridized carbons (Fsp3) is 0.750. The third kappa shape index (κ3) is 1.72. The lowest BCUT2D eigenvalue weighted by molar-refractivity contribution is -0.168. The molecule has 0 heterocycles. The molecule has 0 saturated heterocycles. The van der Waals surface area contributed by atoms with Crippen molar-refractivity contribution in [3.8, 4) is 0 Å². The number of rotatable bonds is 1. The smallest absolute Gasteiger partial charge is 0.190 e. The fourth-order valence-corrected chi connectivity index (χ4v) is 6.31. The summed E-state index contributed by atoms with van der Waals surface area (Å²) in [4.78, 5) is 12.7. The van der Waals surface area contributed by atoms with Crippen LogP contribution in [0, 0.1) is 35.0 Å². The molecule has 0 spiro atoms. The highest BCUT2D eigenvalue weighted by Gasteiger charge is 2.73. The van der Waals surface area contributed by atoms with Gasteiger partial charge in [-0.15, -0.1) is 0 Å². The lowest BCUT2D eigenvalue weighted by atomic mass is 9.60. The average molecular weight is 332 g/mol. The normalized spacial score (nSPS) is 51.8. The summed E-state index contributed by atoms with van der Waals surface area (Å²) < 4.78 is 0. The van der Waals surface area contributed by atoms with Gasteiger partial charge in [0.15, 0.2) is 5.78 Å². The molecule has 0 bridgehead atoms. The van der Waals surface area contributed by atoms with E-state index >= 15 is 0 Å². The van der Waals surface area contributed by atoms with Gasteiger partial charge in [0.1, 0.15) is 5.60 Å². The molecule has 0 radical (unpaired) electrons. The molecule has 4 rings (SSSR count). The van der Waals surface area contributed by atoms with Crippen LogP contribution in [0.3, 0.4) is 0 Å². The molecule has 3 N–H and O–H groups in total. The molecule has 0 aliphatic heterocycles. The monoisotopic (exact) mass is 332 g/mol. The first-order valence-corrected chi connectivity index (χ1v) is 9.06. The van der Waals surface area contributed by atoms with Crippen molar-refractivity contribution >= 4 is 5.78 Å². The van der Waals surface area contributed by atoms with Gasteiger partial charge in [0.2, 0.25) is 0 Å². The van der Waals surface area contributed by atoms with Gasteiger partial charge in [0.25, 0.3) is 0 Å². The van der Waals surface area contributed by atoms with Crippen molar-refractivity contribution in [2.45, 2.75) is 51.7 Å². The first kappa shape index (κ1) is 16.5. The quantitative estimate of drug-likeness (QED) is 0.640. The Morgan fingerprint density at radius 2 is 1.92 bits per heavy atom. The predicted molar refractivity (Wildman–Crippen MR) is 90.0 cm³/mol. The molecule has 4 aliphatic rings. The number of carbonyl (C=O) groups is 1. The van der Waals surface area contributed by atoms with Crippen LogP contribution in [0.5, 0.6) is 0 Å². The summed E-state index contributed by atoms with van der Waals surface area (Å²) in [5.74, 6) is -0.140. The van der Waals surface area contributed by atoms with Crippen molar-refractivity contribution in [1.29, 1.82) is 0 Å². The highest BCUT2D eigenvalue weighted by molar-refractivity contribution is 6.04. The van der Waals surface area contributed by atoms with Gasteiger partial charge in [-0.05, 0) is 47.7 Å². The zero-order valence-corrected chi connectivity index (χ0v) is 14.9. The van der Waals surface area contributed by atoms with Gasteiger partial charge >= 0.3 is 0 Å². The highest BCUT2D eigenvalue weighted by Crippen LogP contribution is 2.72. The largest absolute Gasteiger partial charge is 0.392 e. The molecule has 4 heteroatoms.